The number of hydrogen-bond acceptors (Lipinski definition) is 5. The molecule has 0 saturated carbocycles. The Kier molecular flexibility index (Phi) is 5.54. The third-order valence-corrected chi connectivity index (χ3v) is 7.50. The van der Waals surface area contributed by atoms with E-state index in [1.165, 1.54) is 0 Å². The molecule has 3 atom stereocenters. The van der Waals surface area contributed by atoms with Gasteiger partial charge in [0, 0.05) is 23.8 Å². The van der Waals surface area contributed by atoms with Crippen LogP contribution in [0.4, 0.5) is 17.1 Å². The summed E-state index contributed by atoms with van der Waals surface area (Å²) in [7, 11) is 0. The molecule has 3 aliphatic rings. The van der Waals surface area contributed by atoms with Crippen LogP contribution in [0, 0.1) is 5.92 Å². The van der Waals surface area contributed by atoms with E-state index in [0.717, 1.165) is 16.8 Å². The first-order valence-corrected chi connectivity index (χ1v) is 12.4. The van der Waals surface area contributed by atoms with Gasteiger partial charge in [0.15, 0.2) is 12.2 Å². The molecular weight excluding hydrogens is 456 g/mol. The molecule has 7 nitrogen and oxygen atoms in total. The molecule has 6 rings (SSSR count). The Morgan fingerprint density at radius 3 is 2.58 bits per heavy atom. The van der Waals surface area contributed by atoms with Crippen molar-refractivity contribution in [3.8, 4) is 5.75 Å². The van der Waals surface area contributed by atoms with Crippen LogP contribution in [0.2, 0.25) is 0 Å². The SMILES string of the molecule is C[C@H]1C[C@@H](CCO)O[C@]12C(=O)N(Cc1ccccc1)c1ccc(N3C(=O)COc4ccccc43)cc12. The molecule has 184 valence electrons. The number of rotatable bonds is 5. The summed E-state index contributed by atoms with van der Waals surface area (Å²) >= 11 is 0. The van der Waals surface area contributed by atoms with Crippen LogP contribution in [0.15, 0.2) is 72.8 Å². The van der Waals surface area contributed by atoms with Gasteiger partial charge in [-0.1, -0.05) is 49.4 Å². The maximum absolute atomic E-state index is 14.1. The van der Waals surface area contributed by atoms with Crippen LogP contribution in [-0.4, -0.2) is 36.2 Å². The minimum absolute atomic E-state index is 0.00134. The van der Waals surface area contributed by atoms with E-state index in [0.29, 0.717) is 36.5 Å². The van der Waals surface area contributed by atoms with Crippen LogP contribution in [0.1, 0.15) is 30.9 Å². The van der Waals surface area contributed by atoms with E-state index in [1.807, 2.05) is 79.7 Å². The Hall–Kier alpha value is -3.68. The number of nitrogens with zero attached hydrogens (tertiary/aromatic N) is 2. The summed E-state index contributed by atoms with van der Waals surface area (Å²) in [6, 6.07) is 23.1. The second kappa shape index (κ2) is 8.76. The van der Waals surface area contributed by atoms with Crippen molar-refractivity contribution in [2.45, 2.75) is 38.0 Å². The monoisotopic (exact) mass is 484 g/mol. The summed E-state index contributed by atoms with van der Waals surface area (Å²) in [5.41, 5.74) is 2.77. The number of carbonyl (C=O) groups excluding carboxylic acids is 2. The van der Waals surface area contributed by atoms with E-state index in [4.69, 9.17) is 9.47 Å². The molecule has 0 unspecified atom stereocenters. The van der Waals surface area contributed by atoms with Crippen molar-refractivity contribution in [1.29, 1.82) is 0 Å². The topological polar surface area (TPSA) is 79.3 Å². The van der Waals surface area contributed by atoms with Crippen molar-refractivity contribution in [2.75, 3.05) is 23.0 Å². The fraction of sp³-hybridized carbons (Fsp3) is 0.310. The number of ether oxygens (including phenoxy) is 2. The fourth-order valence-corrected chi connectivity index (χ4v) is 5.83. The standard InChI is InChI=1S/C29H28N2O5/c1-19-15-22(13-14-32)36-29(19)23-16-21(31-25-9-5-6-10-26(25)35-18-27(31)33)11-12-24(23)30(28(29)34)17-20-7-3-2-4-8-20/h2-12,16,19,22,32H,13-15,17-18H2,1H3/t19-,22+,29+/m0/s1. The summed E-state index contributed by atoms with van der Waals surface area (Å²) in [5, 5.41) is 9.56. The number of fused-ring (bicyclic) bond motifs is 3. The van der Waals surface area contributed by atoms with Crippen LogP contribution in [0.25, 0.3) is 0 Å². The van der Waals surface area contributed by atoms with E-state index in [1.54, 1.807) is 9.80 Å². The fourth-order valence-electron chi connectivity index (χ4n) is 5.83. The minimum atomic E-state index is -1.16. The maximum Gasteiger partial charge on any atom is 0.269 e. The first-order valence-electron chi connectivity index (χ1n) is 12.4. The molecule has 7 heteroatoms. The molecule has 1 saturated heterocycles. The lowest BCUT2D eigenvalue weighted by Crippen LogP contribution is -2.43. The molecule has 0 bridgehead atoms. The van der Waals surface area contributed by atoms with Crippen molar-refractivity contribution in [1.82, 2.24) is 0 Å². The second-order valence-corrected chi connectivity index (χ2v) is 9.69. The highest BCUT2D eigenvalue weighted by Crippen LogP contribution is 2.55. The van der Waals surface area contributed by atoms with Crippen LogP contribution in [0.5, 0.6) is 5.75 Å². The molecule has 1 fully saturated rings. The van der Waals surface area contributed by atoms with Crippen molar-refractivity contribution in [3.05, 3.63) is 83.9 Å². The quantitative estimate of drug-likeness (QED) is 0.585. The van der Waals surface area contributed by atoms with Crippen LogP contribution in [-0.2, 0) is 26.5 Å². The van der Waals surface area contributed by atoms with Crippen molar-refractivity contribution in [2.24, 2.45) is 5.92 Å². The summed E-state index contributed by atoms with van der Waals surface area (Å²) in [6.07, 6.45) is 0.935. The molecule has 0 radical (unpaired) electrons. The summed E-state index contributed by atoms with van der Waals surface area (Å²) < 4.78 is 12.2. The Labute approximate surface area is 209 Å². The van der Waals surface area contributed by atoms with E-state index in [-0.39, 0.29) is 37.0 Å². The molecule has 3 aromatic rings. The first-order chi connectivity index (χ1) is 17.5. The summed E-state index contributed by atoms with van der Waals surface area (Å²) in [4.78, 5) is 30.6. The number of para-hydroxylation sites is 2. The smallest absolute Gasteiger partial charge is 0.269 e. The van der Waals surface area contributed by atoms with E-state index in [9.17, 15) is 14.7 Å². The van der Waals surface area contributed by atoms with Gasteiger partial charge in [-0.2, -0.15) is 0 Å². The van der Waals surface area contributed by atoms with Crippen molar-refractivity contribution >= 4 is 28.9 Å². The molecule has 1 N–H and O–H groups in total. The zero-order valence-electron chi connectivity index (χ0n) is 20.1. The zero-order valence-corrected chi connectivity index (χ0v) is 20.1. The van der Waals surface area contributed by atoms with E-state index >= 15 is 0 Å². The second-order valence-electron chi connectivity index (χ2n) is 9.69. The third kappa shape index (κ3) is 3.42. The largest absolute Gasteiger partial charge is 0.482 e. The normalized spacial score (nSPS) is 24.7. The number of carbonyl (C=O) groups is 2. The van der Waals surface area contributed by atoms with Gasteiger partial charge >= 0.3 is 0 Å². The van der Waals surface area contributed by atoms with Gasteiger partial charge in [0.2, 0.25) is 0 Å². The summed E-state index contributed by atoms with van der Waals surface area (Å²) in [5.74, 6) is 0.276. The minimum Gasteiger partial charge on any atom is -0.482 e. The molecule has 2 amide bonds. The Bertz CT molecular complexity index is 1330. The first kappa shape index (κ1) is 22.8. The van der Waals surface area contributed by atoms with Crippen molar-refractivity contribution in [3.63, 3.8) is 0 Å². The van der Waals surface area contributed by atoms with Gasteiger partial charge in [-0.3, -0.25) is 14.5 Å². The van der Waals surface area contributed by atoms with Crippen LogP contribution < -0.4 is 14.5 Å². The number of aliphatic hydroxyl groups is 1. The van der Waals surface area contributed by atoms with Gasteiger partial charge in [0.1, 0.15) is 5.75 Å². The molecule has 0 aromatic heterocycles. The number of amides is 2. The molecule has 36 heavy (non-hydrogen) atoms. The lowest BCUT2D eigenvalue weighted by atomic mass is 9.82. The molecule has 3 aliphatic heterocycles. The Balaban J connectivity index is 1.48. The van der Waals surface area contributed by atoms with Gasteiger partial charge in [-0.05, 0) is 48.7 Å². The number of benzene rings is 3. The highest BCUT2D eigenvalue weighted by Gasteiger charge is 2.60. The maximum atomic E-state index is 14.1. The number of anilines is 3. The van der Waals surface area contributed by atoms with Crippen molar-refractivity contribution < 1.29 is 24.2 Å². The average molecular weight is 485 g/mol. The number of aliphatic hydroxyl groups excluding tert-OH is 1. The Morgan fingerprint density at radius 2 is 1.78 bits per heavy atom. The van der Waals surface area contributed by atoms with E-state index in [2.05, 4.69) is 0 Å². The zero-order chi connectivity index (χ0) is 24.9. The van der Waals surface area contributed by atoms with Crippen LogP contribution in [0.3, 0.4) is 0 Å². The predicted molar refractivity (Wildman–Crippen MR) is 135 cm³/mol. The lowest BCUT2D eigenvalue weighted by Gasteiger charge is -2.31. The third-order valence-electron chi connectivity index (χ3n) is 7.50. The predicted octanol–water partition coefficient (Wildman–Crippen LogP) is 4.29. The number of hydrogen-bond donors (Lipinski definition) is 1. The summed E-state index contributed by atoms with van der Waals surface area (Å²) in [6.45, 7) is 2.41. The van der Waals surface area contributed by atoms with Gasteiger partial charge in [0.25, 0.3) is 11.8 Å². The molecule has 3 aromatic carbocycles. The molecular formula is C29H28N2O5. The Morgan fingerprint density at radius 1 is 1.00 bits per heavy atom. The highest BCUT2D eigenvalue weighted by atomic mass is 16.5. The van der Waals surface area contributed by atoms with Gasteiger partial charge < -0.3 is 19.5 Å². The van der Waals surface area contributed by atoms with Crippen LogP contribution >= 0.6 is 0 Å². The van der Waals surface area contributed by atoms with Gasteiger partial charge in [-0.15, -0.1) is 0 Å². The molecule has 1 spiro atoms. The van der Waals surface area contributed by atoms with E-state index < -0.39 is 5.60 Å². The molecule has 0 aliphatic carbocycles. The van der Waals surface area contributed by atoms with Gasteiger partial charge in [0.05, 0.1) is 24.0 Å². The van der Waals surface area contributed by atoms with Gasteiger partial charge in [-0.25, -0.2) is 0 Å². The average Bonchev–Trinajstić information content (AvgIpc) is 3.34. The highest BCUT2D eigenvalue weighted by molar-refractivity contribution is 6.09. The lowest BCUT2D eigenvalue weighted by molar-refractivity contribution is -0.146. The molecule has 3 heterocycles.